The lowest BCUT2D eigenvalue weighted by Gasteiger charge is -2.01. The van der Waals surface area contributed by atoms with Crippen LogP contribution in [-0.2, 0) is 4.79 Å². The third-order valence-electron chi connectivity index (χ3n) is 1.87. The molecule has 1 rings (SSSR count). The molecule has 0 saturated carbocycles. The van der Waals surface area contributed by atoms with Gasteiger partial charge in [-0.2, -0.15) is 0 Å². The standard InChI is InChI=1S/C11H14O2/c1-8(2)10(7-12)6-11-5-4-9(3)13-11/h4-8H,1-3H3. The molecule has 0 saturated heterocycles. The Morgan fingerprint density at radius 3 is 2.54 bits per heavy atom. The van der Waals surface area contributed by atoms with E-state index in [9.17, 15) is 4.79 Å². The number of aryl methyl sites for hydroxylation is 1. The van der Waals surface area contributed by atoms with Crippen molar-refractivity contribution in [1.82, 2.24) is 0 Å². The Hall–Kier alpha value is -1.31. The fourth-order valence-electron chi connectivity index (χ4n) is 1.03. The van der Waals surface area contributed by atoms with E-state index < -0.39 is 0 Å². The van der Waals surface area contributed by atoms with Crippen molar-refractivity contribution < 1.29 is 9.21 Å². The number of hydrogen-bond acceptors (Lipinski definition) is 2. The third-order valence-corrected chi connectivity index (χ3v) is 1.87. The fourth-order valence-corrected chi connectivity index (χ4v) is 1.03. The summed E-state index contributed by atoms with van der Waals surface area (Å²) in [6.45, 7) is 5.85. The maximum Gasteiger partial charge on any atom is 0.146 e. The van der Waals surface area contributed by atoms with Crippen LogP contribution in [0.4, 0.5) is 0 Å². The minimum atomic E-state index is 0.239. The van der Waals surface area contributed by atoms with Gasteiger partial charge in [-0.3, -0.25) is 4.79 Å². The van der Waals surface area contributed by atoms with E-state index in [1.165, 1.54) is 0 Å². The van der Waals surface area contributed by atoms with E-state index in [-0.39, 0.29) is 5.92 Å². The average Bonchev–Trinajstić information content (AvgIpc) is 2.46. The molecule has 0 amide bonds. The quantitative estimate of drug-likeness (QED) is 0.526. The Morgan fingerprint density at radius 1 is 1.46 bits per heavy atom. The van der Waals surface area contributed by atoms with E-state index in [1.807, 2.05) is 32.9 Å². The van der Waals surface area contributed by atoms with Gasteiger partial charge in [-0.05, 0) is 36.6 Å². The second-order valence-electron chi connectivity index (χ2n) is 3.37. The molecule has 70 valence electrons. The highest BCUT2D eigenvalue weighted by molar-refractivity contribution is 5.81. The van der Waals surface area contributed by atoms with Crippen LogP contribution in [-0.4, -0.2) is 6.29 Å². The zero-order chi connectivity index (χ0) is 9.84. The van der Waals surface area contributed by atoms with Crippen LogP contribution < -0.4 is 0 Å². The number of allylic oxidation sites excluding steroid dienone is 1. The van der Waals surface area contributed by atoms with Crippen molar-refractivity contribution in [2.24, 2.45) is 5.92 Å². The van der Waals surface area contributed by atoms with Crippen molar-refractivity contribution in [2.45, 2.75) is 20.8 Å². The summed E-state index contributed by atoms with van der Waals surface area (Å²) >= 11 is 0. The minimum absolute atomic E-state index is 0.239. The van der Waals surface area contributed by atoms with Gasteiger partial charge in [0.25, 0.3) is 0 Å². The molecule has 0 N–H and O–H groups in total. The lowest BCUT2D eigenvalue weighted by molar-refractivity contribution is -0.105. The molecule has 1 heterocycles. The molecule has 0 atom stereocenters. The average molecular weight is 178 g/mol. The summed E-state index contributed by atoms with van der Waals surface area (Å²) in [7, 11) is 0. The molecule has 0 aromatic carbocycles. The second-order valence-corrected chi connectivity index (χ2v) is 3.37. The number of hydrogen-bond donors (Lipinski definition) is 0. The maximum atomic E-state index is 10.6. The van der Waals surface area contributed by atoms with Crippen LogP contribution in [0, 0.1) is 12.8 Å². The van der Waals surface area contributed by atoms with Crippen LogP contribution >= 0.6 is 0 Å². The first kappa shape index (κ1) is 9.78. The molecule has 1 aromatic heterocycles. The van der Waals surface area contributed by atoms with Gasteiger partial charge in [-0.1, -0.05) is 13.8 Å². The predicted molar refractivity (Wildman–Crippen MR) is 52.3 cm³/mol. The maximum absolute atomic E-state index is 10.6. The van der Waals surface area contributed by atoms with Gasteiger partial charge < -0.3 is 4.42 Å². The molecule has 0 spiro atoms. The number of carbonyl (C=O) groups excluding carboxylic acids is 1. The van der Waals surface area contributed by atoms with Gasteiger partial charge >= 0.3 is 0 Å². The van der Waals surface area contributed by atoms with Gasteiger partial charge in [-0.25, -0.2) is 0 Å². The van der Waals surface area contributed by atoms with Gasteiger partial charge in [0.15, 0.2) is 0 Å². The number of aldehydes is 1. The Bertz CT molecular complexity index is 319. The van der Waals surface area contributed by atoms with E-state index in [4.69, 9.17) is 4.42 Å². The van der Waals surface area contributed by atoms with E-state index in [1.54, 1.807) is 6.08 Å². The first-order valence-electron chi connectivity index (χ1n) is 4.36. The van der Waals surface area contributed by atoms with Gasteiger partial charge in [-0.15, -0.1) is 0 Å². The molecule has 2 nitrogen and oxygen atoms in total. The Kier molecular flexibility index (Phi) is 3.07. The molecule has 0 fully saturated rings. The topological polar surface area (TPSA) is 30.2 Å². The van der Waals surface area contributed by atoms with Crippen molar-refractivity contribution in [3.05, 3.63) is 29.2 Å². The van der Waals surface area contributed by atoms with Crippen LogP contribution in [0.2, 0.25) is 0 Å². The highest BCUT2D eigenvalue weighted by atomic mass is 16.3. The molecule has 2 heteroatoms. The van der Waals surface area contributed by atoms with Crippen LogP contribution in [0.5, 0.6) is 0 Å². The van der Waals surface area contributed by atoms with E-state index in [0.717, 1.165) is 23.4 Å². The summed E-state index contributed by atoms with van der Waals surface area (Å²) in [5.41, 5.74) is 0.759. The smallest absolute Gasteiger partial charge is 0.146 e. The van der Waals surface area contributed by atoms with Crippen molar-refractivity contribution in [3.8, 4) is 0 Å². The van der Waals surface area contributed by atoms with E-state index in [0.29, 0.717) is 0 Å². The van der Waals surface area contributed by atoms with Crippen LogP contribution in [0.1, 0.15) is 25.4 Å². The van der Waals surface area contributed by atoms with Crippen LogP contribution in [0.25, 0.3) is 6.08 Å². The lowest BCUT2D eigenvalue weighted by Crippen LogP contribution is -1.94. The first-order valence-corrected chi connectivity index (χ1v) is 4.36. The van der Waals surface area contributed by atoms with Crippen molar-refractivity contribution in [2.75, 3.05) is 0 Å². The summed E-state index contributed by atoms with van der Waals surface area (Å²) in [5.74, 6) is 1.84. The van der Waals surface area contributed by atoms with Crippen molar-refractivity contribution in [3.63, 3.8) is 0 Å². The Morgan fingerprint density at radius 2 is 2.15 bits per heavy atom. The van der Waals surface area contributed by atoms with Gasteiger partial charge in [0, 0.05) is 0 Å². The molecule has 0 unspecified atom stereocenters. The predicted octanol–water partition coefficient (Wildman–Crippen LogP) is 2.83. The zero-order valence-electron chi connectivity index (χ0n) is 8.20. The Labute approximate surface area is 78.3 Å². The minimum Gasteiger partial charge on any atom is -0.462 e. The lowest BCUT2D eigenvalue weighted by atomic mass is 10.0. The highest BCUT2D eigenvalue weighted by Gasteiger charge is 2.03. The fraction of sp³-hybridized carbons (Fsp3) is 0.364. The monoisotopic (exact) mass is 178 g/mol. The summed E-state index contributed by atoms with van der Waals surface area (Å²) in [6, 6.07) is 3.75. The molecule has 1 aromatic rings. The SMILES string of the molecule is Cc1ccc(C=C(C=O)C(C)C)o1. The van der Waals surface area contributed by atoms with Gasteiger partial charge in [0.2, 0.25) is 0 Å². The summed E-state index contributed by atoms with van der Waals surface area (Å²) in [4.78, 5) is 10.6. The van der Waals surface area contributed by atoms with Crippen molar-refractivity contribution >= 4 is 12.4 Å². The molecular formula is C11H14O2. The zero-order valence-corrected chi connectivity index (χ0v) is 8.20. The molecule has 13 heavy (non-hydrogen) atoms. The van der Waals surface area contributed by atoms with Crippen molar-refractivity contribution in [1.29, 1.82) is 0 Å². The largest absolute Gasteiger partial charge is 0.462 e. The first-order chi connectivity index (χ1) is 6.13. The molecule has 0 radical (unpaired) electrons. The third kappa shape index (κ3) is 2.58. The highest BCUT2D eigenvalue weighted by Crippen LogP contribution is 2.14. The van der Waals surface area contributed by atoms with Crippen LogP contribution in [0.3, 0.4) is 0 Å². The molecule has 0 aliphatic heterocycles. The number of furan rings is 1. The molecular weight excluding hydrogens is 164 g/mol. The number of carbonyl (C=O) groups is 1. The van der Waals surface area contributed by atoms with Crippen LogP contribution in [0.15, 0.2) is 22.1 Å². The molecule has 0 bridgehead atoms. The molecule has 0 aliphatic carbocycles. The summed E-state index contributed by atoms with van der Waals surface area (Å²) in [5, 5.41) is 0. The summed E-state index contributed by atoms with van der Waals surface area (Å²) in [6.07, 6.45) is 2.66. The van der Waals surface area contributed by atoms with Gasteiger partial charge in [0.05, 0.1) is 0 Å². The normalized spacial score (nSPS) is 12.2. The Balaban J connectivity index is 2.91. The number of rotatable bonds is 3. The summed E-state index contributed by atoms with van der Waals surface area (Å²) < 4.78 is 5.33. The second kappa shape index (κ2) is 4.08. The van der Waals surface area contributed by atoms with E-state index >= 15 is 0 Å². The van der Waals surface area contributed by atoms with E-state index in [2.05, 4.69) is 0 Å². The van der Waals surface area contributed by atoms with Gasteiger partial charge in [0.1, 0.15) is 17.8 Å². The molecule has 0 aliphatic rings.